The van der Waals surface area contributed by atoms with E-state index >= 15 is 0 Å². The Bertz CT molecular complexity index is 1560. The third-order valence-electron chi connectivity index (χ3n) is 11.1. The number of amides is 4. The summed E-state index contributed by atoms with van der Waals surface area (Å²) in [6, 6.07) is -1.70. The molecule has 308 valence electrons. The first-order chi connectivity index (χ1) is 25.6. The number of nitrogens with one attached hydrogen (secondary N) is 1. The van der Waals surface area contributed by atoms with Crippen molar-refractivity contribution in [3.05, 3.63) is 34.9 Å². The number of alkyl halides is 3. The van der Waals surface area contributed by atoms with Gasteiger partial charge in [-0.25, -0.2) is 8.78 Å². The number of halogens is 5. The summed E-state index contributed by atoms with van der Waals surface area (Å²) in [7, 11) is 4.83. The van der Waals surface area contributed by atoms with Crippen LogP contribution in [-0.4, -0.2) is 101 Å². The van der Waals surface area contributed by atoms with E-state index in [0.29, 0.717) is 50.7 Å². The number of likely N-dealkylation sites (tertiary alicyclic amines) is 1. The highest BCUT2D eigenvalue weighted by Gasteiger charge is 2.51. The highest BCUT2D eigenvalue weighted by molar-refractivity contribution is 5.96. The average Bonchev–Trinajstić information content (AvgIpc) is 3.87. The first-order valence-electron chi connectivity index (χ1n) is 19.2. The maximum atomic E-state index is 14.7. The van der Waals surface area contributed by atoms with Gasteiger partial charge in [-0.15, -0.1) is 0 Å². The quantitative estimate of drug-likeness (QED) is 0.209. The Balaban J connectivity index is 1.52. The van der Waals surface area contributed by atoms with Crippen LogP contribution in [0.4, 0.5) is 22.0 Å². The Morgan fingerprint density at radius 1 is 0.945 bits per heavy atom. The molecular weight excluding hydrogens is 729 g/mol. The lowest BCUT2D eigenvalue weighted by molar-refractivity contribution is -0.161. The number of hydrogen-bond donors (Lipinski definition) is 2. The Morgan fingerprint density at radius 2 is 1.53 bits per heavy atom. The van der Waals surface area contributed by atoms with E-state index in [9.17, 15) is 45.9 Å². The van der Waals surface area contributed by atoms with Crippen LogP contribution in [0.3, 0.4) is 0 Å². The minimum absolute atomic E-state index is 0.0700. The molecule has 11 nitrogen and oxygen atoms in total. The van der Waals surface area contributed by atoms with Crippen LogP contribution in [-0.2, 0) is 41.3 Å². The Hall–Kier alpha value is -3.82. The highest BCUT2D eigenvalue weighted by Crippen LogP contribution is 2.39. The second kappa shape index (κ2) is 17.5. The van der Waals surface area contributed by atoms with E-state index in [1.165, 1.54) is 9.80 Å². The van der Waals surface area contributed by atoms with Gasteiger partial charge in [0.25, 0.3) is 0 Å². The predicted octanol–water partition coefficient (Wildman–Crippen LogP) is 5.12. The summed E-state index contributed by atoms with van der Waals surface area (Å²) >= 11 is 0. The largest absolute Gasteiger partial charge is 0.460 e. The molecule has 55 heavy (non-hydrogen) atoms. The number of carbonyl (C=O) groups excluding carboxylic acids is 5. The van der Waals surface area contributed by atoms with Crippen LogP contribution in [0, 0.1) is 23.5 Å². The molecule has 0 radical (unpaired) electrons. The molecule has 0 aromatic heterocycles. The molecule has 1 saturated heterocycles. The molecule has 0 spiro atoms. The van der Waals surface area contributed by atoms with Crippen molar-refractivity contribution >= 4 is 29.6 Å². The molecule has 0 bridgehead atoms. The summed E-state index contributed by atoms with van der Waals surface area (Å²) in [4.78, 5) is 73.6. The van der Waals surface area contributed by atoms with Gasteiger partial charge in [-0.1, -0.05) is 25.7 Å². The van der Waals surface area contributed by atoms with Crippen molar-refractivity contribution < 1.29 is 50.7 Å². The van der Waals surface area contributed by atoms with Crippen LogP contribution in [0.15, 0.2) is 12.1 Å². The number of nitrogens with two attached hydrogens (primary N) is 1. The van der Waals surface area contributed by atoms with Gasteiger partial charge < -0.3 is 30.5 Å². The van der Waals surface area contributed by atoms with E-state index in [4.69, 9.17) is 10.5 Å². The molecule has 1 aromatic carbocycles. The van der Waals surface area contributed by atoms with Crippen LogP contribution >= 0.6 is 0 Å². The molecule has 1 aromatic rings. The molecule has 3 fully saturated rings. The molecule has 2 saturated carbocycles. The number of aryl methyl sites for hydroxylation is 1. The number of hydrogen-bond acceptors (Lipinski definition) is 7. The molecule has 0 unspecified atom stereocenters. The van der Waals surface area contributed by atoms with Crippen molar-refractivity contribution in [3.63, 3.8) is 0 Å². The summed E-state index contributed by atoms with van der Waals surface area (Å²) < 4.78 is 72.9. The number of nitrogens with zero attached hydrogens (tertiary/aromatic N) is 3. The summed E-state index contributed by atoms with van der Waals surface area (Å²) in [5.41, 5.74) is 1.97. The van der Waals surface area contributed by atoms with Gasteiger partial charge in [-0.05, 0) is 95.8 Å². The van der Waals surface area contributed by atoms with E-state index in [-0.39, 0.29) is 49.1 Å². The van der Waals surface area contributed by atoms with Gasteiger partial charge in [0.15, 0.2) is 0 Å². The van der Waals surface area contributed by atoms with E-state index in [1.807, 2.05) is 0 Å². The molecule has 4 rings (SSSR count). The average molecular weight is 786 g/mol. The Kier molecular flexibility index (Phi) is 14.0. The van der Waals surface area contributed by atoms with Crippen molar-refractivity contribution in [1.82, 2.24) is 20.0 Å². The van der Waals surface area contributed by atoms with Gasteiger partial charge in [-0.3, -0.25) is 24.0 Å². The Morgan fingerprint density at radius 3 is 2.05 bits per heavy atom. The number of esters is 1. The molecule has 16 heteroatoms. The maximum absolute atomic E-state index is 14.7. The first-order valence-corrected chi connectivity index (χ1v) is 19.2. The molecule has 3 aliphatic rings. The predicted molar refractivity (Wildman–Crippen MR) is 193 cm³/mol. The van der Waals surface area contributed by atoms with Gasteiger partial charge in [0.05, 0.1) is 18.4 Å². The third-order valence-corrected chi connectivity index (χ3v) is 11.1. The van der Waals surface area contributed by atoms with Gasteiger partial charge in [0, 0.05) is 33.7 Å². The zero-order valence-electron chi connectivity index (χ0n) is 32.7. The Labute approximate surface area is 319 Å². The lowest BCUT2D eigenvalue weighted by Crippen LogP contribution is -2.64. The molecule has 4 atom stereocenters. The van der Waals surface area contributed by atoms with Crippen molar-refractivity contribution in [2.24, 2.45) is 17.6 Å². The summed E-state index contributed by atoms with van der Waals surface area (Å²) in [5.74, 6) is -6.88. The van der Waals surface area contributed by atoms with Gasteiger partial charge in [-0.2, -0.15) is 13.2 Å². The zero-order chi connectivity index (χ0) is 41.0. The van der Waals surface area contributed by atoms with E-state index in [1.54, 1.807) is 46.8 Å². The van der Waals surface area contributed by atoms with Gasteiger partial charge >= 0.3 is 12.1 Å². The zero-order valence-corrected chi connectivity index (χ0v) is 32.7. The molecule has 2 aliphatic carbocycles. The number of likely N-dealkylation sites (N-methyl/N-ethyl adjacent to an activating group) is 1. The van der Waals surface area contributed by atoms with E-state index < -0.39 is 76.3 Å². The van der Waals surface area contributed by atoms with Gasteiger partial charge in [0.1, 0.15) is 34.4 Å². The summed E-state index contributed by atoms with van der Waals surface area (Å²) in [6.07, 6.45) is 0.267. The summed E-state index contributed by atoms with van der Waals surface area (Å²) in [5, 5.41) is 3.01. The topological polar surface area (TPSA) is 142 Å². The van der Waals surface area contributed by atoms with Crippen LogP contribution < -0.4 is 11.1 Å². The van der Waals surface area contributed by atoms with Crippen molar-refractivity contribution in [2.45, 2.75) is 140 Å². The monoisotopic (exact) mass is 785 g/mol. The molecule has 4 amide bonds. The molecule has 1 aliphatic heterocycles. The molecule has 3 N–H and O–H groups in total. The lowest BCUT2D eigenvalue weighted by Gasteiger charge is -2.43. The second-order valence-corrected chi connectivity index (χ2v) is 16.6. The SMILES string of the molecule is CN(C)C(=O)[C@H](CC(=O)OC(C)(C)C)[C@H](C1CCCC1)N(C)C(=O)C1(NC(=O)[C@@H]2CCCN2C(=O)[C@@H](N)CCc2cc(F)c(C(F)(F)F)c(F)c2)CCCC1. The fraction of sp³-hybridized carbons (Fsp3) is 0.718. The fourth-order valence-corrected chi connectivity index (χ4v) is 8.63. The van der Waals surface area contributed by atoms with E-state index in [2.05, 4.69) is 5.32 Å². The number of benzene rings is 1. The van der Waals surface area contributed by atoms with Crippen LogP contribution in [0.5, 0.6) is 0 Å². The number of ether oxygens (including phenoxy) is 1. The third kappa shape index (κ3) is 10.5. The molecular formula is C39H56F5N5O6. The maximum Gasteiger partial charge on any atom is 0.422 e. The van der Waals surface area contributed by atoms with Gasteiger partial charge in [0.2, 0.25) is 23.6 Å². The minimum Gasteiger partial charge on any atom is -0.460 e. The second-order valence-electron chi connectivity index (χ2n) is 16.6. The normalized spacial score (nSPS) is 20.5. The standard InChI is InChI=1S/C39H56F5N5O6/c1-37(2,3)55-30(50)22-25(34(52)47(4)5)32(24-12-7-8-13-24)48(6)36(54)38(17-9-10-18-38)46-33(51)29-14-11-19-49(29)35(53)28(45)16-15-23-20-26(40)31(27(41)21-23)39(42,43)44/h20-21,24-25,28-29,32H,7-19,22,45H2,1-6H3,(H,46,51)/t25-,28+,29+,32+/m1/s1. The first kappa shape index (κ1) is 43.9. The van der Waals surface area contributed by atoms with Crippen LogP contribution in [0.25, 0.3) is 0 Å². The van der Waals surface area contributed by atoms with Crippen molar-refractivity contribution in [1.29, 1.82) is 0 Å². The van der Waals surface area contributed by atoms with Crippen LogP contribution in [0.1, 0.15) is 109 Å². The van der Waals surface area contributed by atoms with Crippen molar-refractivity contribution in [2.75, 3.05) is 27.7 Å². The number of rotatable bonds is 13. The van der Waals surface area contributed by atoms with Crippen LogP contribution in [0.2, 0.25) is 0 Å². The smallest absolute Gasteiger partial charge is 0.422 e. The highest BCUT2D eigenvalue weighted by atomic mass is 19.4. The summed E-state index contributed by atoms with van der Waals surface area (Å²) in [6.45, 7) is 5.42. The van der Waals surface area contributed by atoms with E-state index in [0.717, 1.165) is 25.7 Å². The molecule has 1 heterocycles. The number of carbonyl (C=O) groups is 5. The lowest BCUT2D eigenvalue weighted by atomic mass is 9.81. The fourth-order valence-electron chi connectivity index (χ4n) is 8.63. The van der Waals surface area contributed by atoms with Crippen molar-refractivity contribution in [3.8, 4) is 0 Å². The minimum atomic E-state index is -5.21.